The van der Waals surface area contributed by atoms with Crippen molar-refractivity contribution in [2.45, 2.75) is 97.3 Å². The van der Waals surface area contributed by atoms with E-state index in [1.807, 2.05) is 0 Å². The van der Waals surface area contributed by atoms with E-state index in [1.165, 1.54) is 70.6 Å². The van der Waals surface area contributed by atoms with Crippen molar-refractivity contribution in [3.05, 3.63) is 0 Å². The Morgan fingerprint density at radius 2 is 1.36 bits per heavy atom. The van der Waals surface area contributed by atoms with Crippen LogP contribution in [0.4, 0.5) is 0 Å². The summed E-state index contributed by atoms with van der Waals surface area (Å²) in [4.78, 5) is 12.4. The van der Waals surface area contributed by atoms with Crippen molar-refractivity contribution in [2.24, 2.45) is 5.92 Å². The van der Waals surface area contributed by atoms with Crippen LogP contribution in [0.15, 0.2) is 0 Å². The third kappa shape index (κ3) is 14.1. The molecule has 0 atom stereocenters. The van der Waals surface area contributed by atoms with Crippen LogP contribution in [0.2, 0.25) is 0 Å². The highest BCUT2D eigenvalue weighted by molar-refractivity contribution is 9.09. The lowest BCUT2D eigenvalue weighted by Gasteiger charge is -2.15. The SMILES string of the molecule is CCCCCC(CCCCC)C(=O)SCCCCCCCBr. The van der Waals surface area contributed by atoms with E-state index < -0.39 is 0 Å². The highest BCUT2D eigenvalue weighted by Gasteiger charge is 2.17. The topological polar surface area (TPSA) is 17.1 Å². The zero-order chi connectivity index (χ0) is 16.5. The van der Waals surface area contributed by atoms with Crippen LogP contribution in [0.25, 0.3) is 0 Å². The Labute approximate surface area is 151 Å². The summed E-state index contributed by atoms with van der Waals surface area (Å²) in [6.45, 7) is 4.47. The summed E-state index contributed by atoms with van der Waals surface area (Å²) in [5.41, 5.74) is 0. The second-order valence-electron chi connectivity index (χ2n) is 6.31. The summed E-state index contributed by atoms with van der Waals surface area (Å²) in [6, 6.07) is 0. The normalized spacial score (nSPS) is 11.3. The molecule has 0 aliphatic rings. The Bertz CT molecular complexity index is 236. The number of hydrogen-bond acceptors (Lipinski definition) is 2. The van der Waals surface area contributed by atoms with Gasteiger partial charge in [-0.3, -0.25) is 4.79 Å². The molecule has 22 heavy (non-hydrogen) atoms. The maximum absolute atomic E-state index is 12.4. The van der Waals surface area contributed by atoms with E-state index in [1.54, 1.807) is 11.8 Å². The minimum Gasteiger partial charge on any atom is -0.287 e. The standard InChI is InChI=1S/C19H37BrOS/c1-3-5-10-14-18(15-11-6-4-2)19(21)22-17-13-9-7-8-12-16-20/h18H,3-17H2,1-2H3. The first-order chi connectivity index (χ1) is 10.8. The van der Waals surface area contributed by atoms with E-state index in [4.69, 9.17) is 0 Å². The Morgan fingerprint density at radius 3 is 1.91 bits per heavy atom. The average Bonchev–Trinajstić information content (AvgIpc) is 2.52. The number of rotatable bonds is 16. The van der Waals surface area contributed by atoms with Crippen LogP contribution in [0, 0.1) is 5.92 Å². The second-order valence-corrected chi connectivity index (χ2v) is 8.21. The molecular formula is C19H37BrOS. The van der Waals surface area contributed by atoms with Crippen molar-refractivity contribution in [1.29, 1.82) is 0 Å². The van der Waals surface area contributed by atoms with Gasteiger partial charge in [0.15, 0.2) is 5.12 Å². The zero-order valence-corrected chi connectivity index (χ0v) is 17.3. The third-order valence-corrected chi connectivity index (χ3v) is 5.84. The second kappa shape index (κ2) is 17.8. The van der Waals surface area contributed by atoms with E-state index in [-0.39, 0.29) is 0 Å². The zero-order valence-electron chi connectivity index (χ0n) is 14.9. The lowest BCUT2D eigenvalue weighted by molar-refractivity contribution is -0.114. The van der Waals surface area contributed by atoms with Crippen LogP contribution in [-0.2, 0) is 4.79 Å². The van der Waals surface area contributed by atoms with E-state index in [2.05, 4.69) is 29.8 Å². The molecule has 0 aromatic carbocycles. The molecule has 0 heterocycles. The van der Waals surface area contributed by atoms with Crippen molar-refractivity contribution in [3.63, 3.8) is 0 Å². The van der Waals surface area contributed by atoms with Gasteiger partial charge in [-0.1, -0.05) is 99.3 Å². The lowest BCUT2D eigenvalue weighted by atomic mass is 9.96. The number of unbranched alkanes of at least 4 members (excludes halogenated alkanes) is 8. The van der Waals surface area contributed by atoms with Crippen LogP contribution in [0.5, 0.6) is 0 Å². The minimum atomic E-state index is 0.330. The Hall–Kier alpha value is 0.500. The van der Waals surface area contributed by atoms with Crippen LogP contribution >= 0.6 is 27.7 Å². The van der Waals surface area contributed by atoms with Crippen molar-refractivity contribution in [2.75, 3.05) is 11.1 Å². The molecule has 0 unspecified atom stereocenters. The van der Waals surface area contributed by atoms with Gasteiger partial charge in [0.05, 0.1) is 0 Å². The Kier molecular flexibility index (Phi) is 18.3. The fraction of sp³-hybridized carbons (Fsp3) is 0.947. The van der Waals surface area contributed by atoms with Crippen molar-refractivity contribution in [1.82, 2.24) is 0 Å². The number of carbonyl (C=O) groups excluding carboxylic acids is 1. The van der Waals surface area contributed by atoms with E-state index in [0.29, 0.717) is 11.0 Å². The predicted molar refractivity (Wildman–Crippen MR) is 106 cm³/mol. The Balaban J connectivity index is 3.83. The van der Waals surface area contributed by atoms with Crippen molar-refractivity contribution in [3.8, 4) is 0 Å². The van der Waals surface area contributed by atoms with Gasteiger partial charge in [0.1, 0.15) is 0 Å². The number of halogens is 1. The molecule has 0 aromatic heterocycles. The monoisotopic (exact) mass is 392 g/mol. The Morgan fingerprint density at radius 1 is 0.818 bits per heavy atom. The molecule has 0 fully saturated rings. The van der Waals surface area contributed by atoms with Gasteiger partial charge in [-0.05, 0) is 25.7 Å². The van der Waals surface area contributed by atoms with Crippen molar-refractivity contribution >= 4 is 32.8 Å². The summed E-state index contributed by atoms with van der Waals surface area (Å²) < 4.78 is 0. The quantitative estimate of drug-likeness (QED) is 0.201. The van der Waals surface area contributed by atoms with Crippen LogP contribution in [0.1, 0.15) is 97.3 Å². The first-order valence-electron chi connectivity index (χ1n) is 9.48. The molecule has 0 amide bonds. The number of carbonyl (C=O) groups is 1. The predicted octanol–water partition coefficient (Wildman–Crippen LogP) is 7.37. The number of thioether (sulfide) groups is 1. The third-order valence-electron chi connectivity index (χ3n) is 4.17. The molecule has 0 spiro atoms. The van der Waals surface area contributed by atoms with E-state index >= 15 is 0 Å². The van der Waals surface area contributed by atoms with Crippen LogP contribution < -0.4 is 0 Å². The van der Waals surface area contributed by atoms with Gasteiger partial charge in [-0.25, -0.2) is 0 Å². The summed E-state index contributed by atoms with van der Waals surface area (Å²) in [6.07, 6.45) is 16.1. The summed E-state index contributed by atoms with van der Waals surface area (Å²) >= 11 is 5.09. The maximum atomic E-state index is 12.4. The molecule has 0 aliphatic carbocycles. The summed E-state index contributed by atoms with van der Waals surface area (Å²) in [5, 5.41) is 1.60. The first kappa shape index (κ1) is 22.5. The molecule has 0 aliphatic heterocycles. The minimum absolute atomic E-state index is 0.330. The van der Waals surface area contributed by atoms with E-state index in [0.717, 1.165) is 23.9 Å². The summed E-state index contributed by atoms with van der Waals surface area (Å²) in [7, 11) is 0. The van der Waals surface area contributed by atoms with Gasteiger partial charge in [0, 0.05) is 17.0 Å². The van der Waals surface area contributed by atoms with Gasteiger partial charge in [0.2, 0.25) is 0 Å². The molecular weight excluding hydrogens is 356 g/mol. The largest absolute Gasteiger partial charge is 0.287 e. The van der Waals surface area contributed by atoms with Gasteiger partial charge in [0.25, 0.3) is 0 Å². The maximum Gasteiger partial charge on any atom is 0.192 e. The summed E-state index contributed by atoms with van der Waals surface area (Å²) in [5.74, 6) is 1.36. The molecule has 3 heteroatoms. The molecule has 0 rings (SSSR count). The highest BCUT2D eigenvalue weighted by atomic mass is 79.9. The number of alkyl halides is 1. The van der Waals surface area contributed by atoms with Crippen LogP contribution in [-0.4, -0.2) is 16.2 Å². The molecule has 0 N–H and O–H groups in total. The first-order valence-corrected chi connectivity index (χ1v) is 11.6. The molecule has 0 bridgehead atoms. The molecule has 0 aromatic rings. The average molecular weight is 393 g/mol. The molecule has 0 saturated carbocycles. The molecule has 132 valence electrons. The molecule has 0 radical (unpaired) electrons. The fourth-order valence-electron chi connectivity index (χ4n) is 2.68. The van der Waals surface area contributed by atoms with E-state index in [9.17, 15) is 4.79 Å². The van der Waals surface area contributed by atoms with Crippen molar-refractivity contribution < 1.29 is 4.79 Å². The molecule has 1 nitrogen and oxygen atoms in total. The highest BCUT2D eigenvalue weighted by Crippen LogP contribution is 2.24. The van der Waals surface area contributed by atoms with Gasteiger partial charge < -0.3 is 0 Å². The van der Waals surface area contributed by atoms with Crippen LogP contribution in [0.3, 0.4) is 0 Å². The van der Waals surface area contributed by atoms with Gasteiger partial charge in [-0.15, -0.1) is 0 Å². The fourth-order valence-corrected chi connectivity index (χ4v) is 4.10. The van der Waals surface area contributed by atoms with Gasteiger partial charge in [-0.2, -0.15) is 0 Å². The smallest absolute Gasteiger partial charge is 0.192 e. The molecule has 0 saturated heterocycles. The van der Waals surface area contributed by atoms with Gasteiger partial charge >= 0.3 is 0 Å². The lowest BCUT2D eigenvalue weighted by Crippen LogP contribution is -2.12. The number of hydrogen-bond donors (Lipinski definition) is 0.